The summed E-state index contributed by atoms with van der Waals surface area (Å²) >= 11 is 12.7. The van der Waals surface area contributed by atoms with E-state index in [2.05, 4.69) is 5.32 Å². The molecule has 0 spiro atoms. The van der Waals surface area contributed by atoms with Gasteiger partial charge in [-0.25, -0.2) is 8.42 Å². The second-order valence-electron chi connectivity index (χ2n) is 10.0. The molecule has 10 heteroatoms. The van der Waals surface area contributed by atoms with Gasteiger partial charge in [-0.15, -0.1) is 0 Å². The molecule has 0 saturated heterocycles. The summed E-state index contributed by atoms with van der Waals surface area (Å²) < 4.78 is 28.9. The van der Waals surface area contributed by atoms with Crippen molar-refractivity contribution >= 4 is 50.7 Å². The Labute approximate surface area is 247 Å². The van der Waals surface area contributed by atoms with Gasteiger partial charge in [0, 0.05) is 17.6 Å². The fourth-order valence-corrected chi connectivity index (χ4v) is 6.20. The van der Waals surface area contributed by atoms with Crippen molar-refractivity contribution in [1.29, 1.82) is 0 Å². The van der Waals surface area contributed by atoms with Crippen LogP contribution >= 0.6 is 23.2 Å². The predicted molar refractivity (Wildman–Crippen MR) is 161 cm³/mol. The van der Waals surface area contributed by atoms with Crippen LogP contribution in [0.4, 0.5) is 5.69 Å². The normalized spacial score (nSPS) is 12.2. The van der Waals surface area contributed by atoms with Gasteiger partial charge in [-0.05, 0) is 70.0 Å². The summed E-state index contributed by atoms with van der Waals surface area (Å²) in [6.07, 6.45) is 0.332. The lowest BCUT2D eigenvalue weighted by atomic mass is 10.1. The molecular weight excluding hydrogens is 569 g/mol. The van der Waals surface area contributed by atoms with Crippen LogP contribution in [0.2, 0.25) is 10.0 Å². The minimum Gasteiger partial charge on any atom is -0.352 e. The van der Waals surface area contributed by atoms with Crippen LogP contribution < -0.4 is 9.62 Å². The van der Waals surface area contributed by atoms with Gasteiger partial charge >= 0.3 is 0 Å². The summed E-state index contributed by atoms with van der Waals surface area (Å²) in [7, 11) is -4.25. The highest BCUT2D eigenvalue weighted by Gasteiger charge is 2.34. The zero-order valence-electron chi connectivity index (χ0n) is 23.3. The molecule has 1 N–H and O–H groups in total. The van der Waals surface area contributed by atoms with E-state index >= 15 is 0 Å². The molecule has 3 aromatic carbocycles. The molecule has 2 amide bonds. The first-order valence-corrected chi connectivity index (χ1v) is 15.2. The van der Waals surface area contributed by atoms with E-state index in [9.17, 15) is 18.0 Å². The summed E-state index contributed by atoms with van der Waals surface area (Å²) in [6, 6.07) is 17.4. The minimum atomic E-state index is -4.25. The van der Waals surface area contributed by atoms with Crippen LogP contribution in [0.25, 0.3) is 0 Å². The van der Waals surface area contributed by atoms with Crippen LogP contribution in [0, 0.1) is 13.8 Å². The highest BCUT2D eigenvalue weighted by Crippen LogP contribution is 2.33. The second-order valence-corrected chi connectivity index (χ2v) is 12.7. The molecule has 0 aliphatic heterocycles. The van der Waals surface area contributed by atoms with Gasteiger partial charge in [0.25, 0.3) is 10.0 Å². The topological polar surface area (TPSA) is 86.8 Å². The molecule has 214 valence electrons. The third-order valence-corrected chi connectivity index (χ3v) is 8.65. The van der Waals surface area contributed by atoms with E-state index in [1.165, 1.54) is 29.2 Å². The monoisotopic (exact) mass is 603 g/mol. The van der Waals surface area contributed by atoms with Crippen LogP contribution in [0.5, 0.6) is 0 Å². The summed E-state index contributed by atoms with van der Waals surface area (Å²) in [5.74, 6) is -0.869. The molecular formula is C30H35Cl2N3O4S. The predicted octanol–water partition coefficient (Wildman–Crippen LogP) is 6.14. The highest BCUT2D eigenvalue weighted by atomic mass is 35.5. The lowest BCUT2D eigenvalue weighted by Crippen LogP contribution is -2.53. The molecule has 1 atom stereocenters. The Morgan fingerprint density at radius 1 is 0.925 bits per heavy atom. The van der Waals surface area contributed by atoms with E-state index in [1.807, 2.05) is 58.9 Å². The molecule has 0 fully saturated rings. The van der Waals surface area contributed by atoms with Gasteiger partial charge in [0.1, 0.15) is 12.6 Å². The van der Waals surface area contributed by atoms with Gasteiger partial charge in [0.15, 0.2) is 0 Å². The van der Waals surface area contributed by atoms with Crippen LogP contribution in [-0.2, 0) is 26.2 Å². The number of rotatable bonds is 11. The summed E-state index contributed by atoms with van der Waals surface area (Å²) in [4.78, 5) is 28.7. The summed E-state index contributed by atoms with van der Waals surface area (Å²) in [5, 5.41) is 3.26. The Bertz CT molecular complexity index is 1460. The van der Waals surface area contributed by atoms with Crippen molar-refractivity contribution in [3.63, 3.8) is 0 Å². The van der Waals surface area contributed by atoms with Crippen molar-refractivity contribution in [3.05, 3.63) is 93.5 Å². The minimum absolute atomic E-state index is 0.00299. The number of nitrogens with one attached hydrogen (secondary N) is 1. The quantitative estimate of drug-likeness (QED) is 0.285. The molecule has 3 aromatic rings. The Morgan fingerprint density at radius 3 is 2.20 bits per heavy atom. The van der Waals surface area contributed by atoms with Crippen LogP contribution in [0.3, 0.4) is 0 Å². The lowest BCUT2D eigenvalue weighted by molar-refractivity contribution is -0.140. The lowest BCUT2D eigenvalue weighted by Gasteiger charge is -2.34. The van der Waals surface area contributed by atoms with Gasteiger partial charge in [-0.3, -0.25) is 13.9 Å². The third-order valence-electron chi connectivity index (χ3n) is 6.32. The molecule has 0 unspecified atom stereocenters. The maximum absolute atomic E-state index is 14.1. The number of amides is 2. The molecule has 0 saturated carbocycles. The summed E-state index contributed by atoms with van der Waals surface area (Å²) in [6.45, 7) is 8.81. The number of aryl methyl sites for hydroxylation is 2. The first-order valence-electron chi connectivity index (χ1n) is 13.0. The molecule has 3 rings (SSSR count). The molecule has 0 heterocycles. The number of hydrogen-bond acceptors (Lipinski definition) is 4. The number of benzene rings is 3. The van der Waals surface area contributed by atoms with Gasteiger partial charge in [0.05, 0.1) is 15.6 Å². The Kier molecular flexibility index (Phi) is 10.6. The number of hydrogen-bond donors (Lipinski definition) is 1. The number of carbonyl (C=O) groups excluding carboxylic acids is 2. The maximum Gasteiger partial charge on any atom is 0.264 e. The molecule has 0 bridgehead atoms. The molecule has 0 aliphatic rings. The molecule has 0 radical (unpaired) electrons. The van der Waals surface area contributed by atoms with E-state index in [0.717, 1.165) is 21.0 Å². The standard InChI is InChI=1S/C30H35Cl2N3O4S/c1-6-27(30(37)33-20(2)3)34(18-23-9-7-8-22(5)16-23)29(36)19-35(28-17-24(31)12-15-26(28)32)40(38,39)25-13-10-21(4)11-14-25/h7-17,20,27H,6,18-19H2,1-5H3,(H,33,37)/t27-/m1/s1. The Hall–Kier alpha value is -3.07. The van der Waals surface area contributed by atoms with Crippen LogP contribution in [0.1, 0.15) is 43.9 Å². The van der Waals surface area contributed by atoms with Gasteiger partial charge < -0.3 is 10.2 Å². The van der Waals surface area contributed by atoms with Crippen molar-refractivity contribution in [3.8, 4) is 0 Å². The van der Waals surface area contributed by atoms with Crippen molar-refractivity contribution < 1.29 is 18.0 Å². The van der Waals surface area contributed by atoms with Crippen molar-refractivity contribution in [2.45, 2.75) is 64.6 Å². The molecule has 7 nitrogen and oxygen atoms in total. The van der Waals surface area contributed by atoms with E-state index in [1.54, 1.807) is 18.2 Å². The molecule has 40 heavy (non-hydrogen) atoms. The Balaban J connectivity index is 2.11. The number of sulfonamides is 1. The smallest absolute Gasteiger partial charge is 0.264 e. The number of halogens is 2. The Morgan fingerprint density at radius 2 is 1.60 bits per heavy atom. The SMILES string of the molecule is CC[C@H](C(=O)NC(C)C)N(Cc1cccc(C)c1)C(=O)CN(c1cc(Cl)ccc1Cl)S(=O)(=O)c1ccc(C)cc1. The fraction of sp³-hybridized carbons (Fsp3) is 0.333. The largest absolute Gasteiger partial charge is 0.352 e. The number of anilines is 1. The first kappa shape index (κ1) is 31.5. The first-order chi connectivity index (χ1) is 18.8. The van der Waals surface area contributed by atoms with Crippen molar-refractivity contribution in [1.82, 2.24) is 10.2 Å². The van der Waals surface area contributed by atoms with E-state index in [-0.39, 0.29) is 39.1 Å². The number of nitrogens with zero attached hydrogens (tertiary/aromatic N) is 2. The third kappa shape index (κ3) is 7.77. The zero-order chi connectivity index (χ0) is 29.6. The van der Waals surface area contributed by atoms with Gasteiger partial charge in [-0.2, -0.15) is 0 Å². The average molecular weight is 605 g/mol. The van der Waals surface area contributed by atoms with Crippen LogP contribution in [0.15, 0.2) is 71.6 Å². The van der Waals surface area contributed by atoms with Crippen LogP contribution in [-0.4, -0.2) is 43.8 Å². The highest BCUT2D eigenvalue weighted by molar-refractivity contribution is 7.92. The van der Waals surface area contributed by atoms with E-state index in [4.69, 9.17) is 23.2 Å². The zero-order valence-corrected chi connectivity index (χ0v) is 25.6. The van der Waals surface area contributed by atoms with Gasteiger partial charge in [0.2, 0.25) is 11.8 Å². The summed E-state index contributed by atoms with van der Waals surface area (Å²) in [5.41, 5.74) is 2.77. The van der Waals surface area contributed by atoms with Crippen molar-refractivity contribution in [2.24, 2.45) is 0 Å². The van der Waals surface area contributed by atoms with Gasteiger partial charge in [-0.1, -0.05) is 77.7 Å². The van der Waals surface area contributed by atoms with Crippen molar-refractivity contribution in [2.75, 3.05) is 10.8 Å². The molecule has 0 aliphatic carbocycles. The number of carbonyl (C=O) groups is 2. The van der Waals surface area contributed by atoms with E-state index < -0.39 is 28.5 Å². The van der Waals surface area contributed by atoms with E-state index in [0.29, 0.717) is 6.42 Å². The maximum atomic E-state index is 14.1. The second kappa shape index (κ2) is 13.5. The average Bonchev–Trinajstić information content (AvgIpc) is 2.88. The molecule has 0 aromatic heterocycles. The fourth-order valence-electron chi connectivity index (χ4n) is 4.34.